The molecule has 2 rings (SSSR count). The highest BCUT2D eigenvalue weighted by molar-refractivity contribution is 5.12. The second kappa shape index (κ2) is 3.05. The zero-order valence-corrected chi connectivity index (χ0v) is 9.52. The molecule has 0 amide bonds. The lowest BCUT2D eigenvalue weighted by atomic mass is 9.87. The van der Waals surface area contributed by atoms with Gasteiger partial charge >= 0.3 is 0 Å². The molecule has 72 valence electrons. The second-order valence-electron chi connectivity index (χ2n) is 5.03. The van der Waals surface area contributed by atoms with Gasteiger partial charge in [-0.05, 0) is 35.5 Å². The van der Waals surface area contributed by atoms with Crippen molar-refractivity contribution in [1.29, 1.82) is 0 Å². The van der Waals surface area contributed by atoms with E-state index in [1.807, 2.05) is 13.8 Å². The van der Waals surface area contributed by atoms with Crippen LogP contribution in [0.25, 0.3) is 0 Å². The van der Waals surface area contributed by atoms with E-state index in [-0.39, 0.29) is 0 Å². The first-order chi connectivity index (χ1) is 5.55. The minimum absolute atomic E-state index is 0.714. The van der Waals surface area contributed by atoms with Gasteiger partial charge in [-0.15, -0.1) is 0 Å². The molecule has 2 aliphatic rings. The highest BCUT2D eigenvalue weighted by atomic mass is 14.7. The fourth-order valence-electron chi connectivity index (χ4n) is 3.25. The predicted octanol–water partition coefficient (Wildman–Crippen LogP) is 3.96. The van der Waals surface area contributed by atoms with Crippen molar-refractivity contribution in [1.82, 2.24) is 0 Å². The van der Waals surface area contributed by atoms with Gasteiger partial charge in [0.2, 0.25) is 0 Å². The molecule has 0 aromatic heterocycles. The van der Waals surface area contributed by atoms with Gasteiger partial charge in [-0.1, -0.05) is 41.5 Å². The van der Waals surface area contributed by atoms with Crippen molar-refractivity contribution in [2.45, 2.75) is 48.0 Å². The second-order valence-corrected chi connectivity index (χ2v) is 5.03. The van der Waals surface area contributed by atoms with E-state index in [0.29, 0.717) is 5.41 Å². The lowest BCUT2D eigenvalue weighted by molar-refractivity contribution is 0.307. The molecule has 0 radical (unpaired) electrons. The minimum Gasteiger partial charge on any atom is -0.0683 e. The smallest absolute Gasteiger partial charge is 0.0289 e. The number of fused-ring (bicyclic) bond motifs is 1. The van der Waals surface area contributed by atoms with Gasteiger partial charge in [0.25, 0.3) is 0 Å². The fraction of sp³-hybridized carbons (Fsp3) is 1.00. The topological polar surface area (TPSA) is 0 Å². The summed E-state index contributed by atoms with van der Waals surface area (Å²) < 4.78 is 0. The van der Waals surface area contributed by atoms with E-state index in [1.165, 1.54) is 6.42 Å². The zero-order chi connectivity index (χ0) is 9.52. The summed E-state index contributed by atoms with van der Waals surface area (Å²) in [5, 5.41) is 0. The van der Waals surface area contributed by atoms with E-state index in [2.05, 4.69) is 27.7 Å². The number of hydrogen-bond donors (Lipinski definition) is 0. The first kappa shape index (κ1) is 10.1. The lowest BCUT2D eigenvalue weighted by Crippen LogP contribution is -2.11. The first-order valence-electron chi connectivity index (χ1n) is 5.55. The monoisotopic (exact) mass is 168 g/mol. The molecule has 2 fully saturated rings. The molecule has 4 unspecified atom stereocenters. The van der Waals surface area contributed by atoms with Crippen LogP contribution in [-0.2, 0) is 0 Å². The van der Waals surface area contributed by atoms with Crippen LogP contribution in [0.5, 0.6) is 0 Å². The molecule has 0 nitrogen and oxygen atoms in total. The average Bonchev–Trinajstić information content (AvgIpc) is 2.37. The van der Waals surface area contributed by atoms with Crippen LogP contribution in [0.2, 0.25) is 0 Å². The first-order valence-corrected chi connectivity index (χ1v) is 5.55. The van der Waals surface area contributed by atoms with Crippen LogP contribution >= 0.6 is 0 Å². The molecule has 4 atom stereocenters. The zero-order valence-electron chi connectivity index (χ0n) is 9.52. The molecule has 2 aliphatic carbocycles. The van der Waals surface area contributed by atoms with Crippen molar-refractivity contribution in [3.05, 3.63) is 0 Å². The summed E-state index contributed by atoms with van der Waals surface area (Å²) in [6.45, 7) is 13.7. The van der Waals surface area contributed by atoms with Crippen molar-refractivity contribution in [2.24, 2.45) is 29.1 Å². The number of rotatable bonds is 0. The summed E-state index contributed by atoms with van der Waals surface area (Å²) in [6, 6.07) is 0. The van der Waals surface area contributed by atoms with E-state index >= 15 is 0 Å². The third kappa shape index (κ3) is 1.20. The van der Waals surface area contributed by atoms with Crippen molar-refractivity contribution >= 4 is 0 Å². The minimum atomic E-state index is 0.714. The van der Waals surface area contributed by atoms with Gasteiger partial charge in [-0.25, -0.2) is 0 Å². The Bertz CT molecular complexity index is 155. The van der Waals surface area contributed by atoms with Gasteiger partial charge < -0.3 is 0 Å². The van der Waals surface area contributed by atoms with Gasteiger partial charge in [0.05, 0.1) is 0 Å². The van der Waals surface area contributed by atoms with Crippen LogP contribution < -0.4 is 0 Å². The molecule has 0 aromatic rings. The number of hydrogen-bond acceptors (Lipinski definition) is 0. The summed E-state index contributed by atoms with van der Waals surface area (Å²) in [4.78, 5) is 0. The van der Waals surface area contributed by atoms with E-state index in [4.69, 9.17) is 0 Å². The van der Waals surface area contributed by atoms with E-state index in [9.17, 15) is 0 Å². The molecule has 0 heteroatoms. The van der Waals surface area contributed by atoms with E-state index < -0.39 is 0 Å². The summed E-state index contributed by atoms with van der Waals surface area (Å²) in [7, 11) is 0. The molecular weight excluding hydrogens is 144 g/mol. The Morgan fingerprint density at radius 2 is 1.58 bits per heavy atom. The third-order valence-corrected chi connectivity index (χ3v) is 4.23. The fourth-order valence-corrected chi connectivity index (χ4v) is 3.25. The van der Waals surface area contributed by atoms with Gasteiger partial charge in [0.15, 0.2) is 0 Å². The maximum absolute atomic E-state index is 2.44. The summed E-state index contributed by atoms with van der Waals surface area (Å²) in [5.41, 5.74) is 0.714. The Morgan fingerprint density at radius 1 is 1.08 bits per heavy atom. The van der Waals surface area contributed by atoms with Crippen LogP contribution in [0.15, 0.2) is 0 Å². The summed E-state index contributed by atoms with van der Waals surface area (Å²) in [6.07, 6.45) is 1.50. The maximum Gasteiger partial charge on any atom is -0.0289 e. The molecule has 0 saturated heterocycles. The standard InChI is InChI=1S/C10H18.C2H6/c1-6-5-8-9(7(6)2)10(8,3)4;1-2/h6-9H,5H2,1-4H3;1-2H3. The molecule has 0 heterocycles. The Hall–Kier alpha value is 0. The highest BCUT2D eigenvalue weighted by Crippen LogP contribution is 2.70. The predicted molar refractivity (Wildman–Crippen MR) is 55.1 cm³/mol. The van der Waals surface area contributed by atoms with Crippen molar-refractivity contribution in [2.75, 3.05) is 0 Å². The van der Waals surface area contributed by atoms with Gasteiger partial charge in [-0.2, -0.15) is 0 Å². The van der Waals surface area contributed by atoms with Crippen LogP contribution in [0.3, 0.4) is 0 Å². The Kier molecular flexibility index (Phi) is 2.56. The van der Waals surface area contributed by atoms with Crippen LogP contribution in [0.4, 0.5) is 0 Å². The highest BCUT2D eigenvalue weighted by Gasteiger charge is 2.64. The molecule has 0 bridgehead atoms. The average molecular weight is 168 g/mol. The Labute approximate surface area is 77.7 Å². The molecular formula is C12H24. The van der Waals surface area contributed by atoms with Crippen molar-refractivity contribution in [3.63, 3.8) is 0 Å². The van der Waals surface area contributed by atoms with E-state index in [1.54, 1.807) is 0 Å². The normalized spacial score (nSPS) is 47.5. The van der Waals surface area contributed by atoms with Crippen molar-refractivity contribution in [3.8, 4) is 0 Å². The van der Waals surface area contributed by atoms with Gasteiger partial charge in [0.1, 0.15) is 0 Å². The van der Waals surface area contributed by atoms with Crippen LogP contribution in [0, 0.1) is 29.1 Å². The SMILES string of the molecule is CC.CC1CC2C(C1C)C2(C)C. The maximum atomic E-state index is 2.44. The van der Waals surface area contributed by atoms with E-state index in [0.717, 1.165) is 23.7 Å². The van der Waals surface area contributed by atoms with Crippen molar-refractivity contribution < 1.29 is 0 Å². The molecule has 0 aliphatic heterocycles. The summed E-state index contributed by atoms with van der Waals surface area (Å²) in [5.74, 6) is 4.16. The Balaban J connectivity index is 0.000000336. The largest absolute Gasteiger partial charge is 0.0683 e. The molecule has 2 saturated carbocycles. The molecule has 0 aromatic carbocycles. The molecule has 0 N–H and O–H groups in total. The van der Waals surface area contributed by atoms with Gasteiger partial charge in [0, 0.05) is 0 Å². The third-order valence-electron chi connectivity index (χ3n) is 4.23. The lowest BCUT2D eigenvalue weighted by Gasteiger charge is -2.18. The molecule has 0 spiro atoms. The summed E-state index contributed by atoms with van der Waals surface area (Å²) >= 11 is 0. The molecule has 12 heavy (non-hydrogen) atoms. The quantitative estimate of drug-likeness (QED) is 0.513. The Morgan fingerprint density at radius 3 is 1.83 bits per heavy atom. The van der Waals surface area contributed by atoms with Crippen LogP contribution in [-0.4, -0.2) is 0 Å². The van der Waals surface area contributed by atoms with Gasteiger partial charge in [-0.3, -0.25) is 0 Å². The van der Waals surface area contributed by atoms with Crippen LogP contribution in [0.1, 0.15) is 48.0 Å².